The second kappa shape index (κ2) is 6.47. The van der Waals surface area contributed by atoms with Crippen molar-refractivity contribution in [1.29, 1.82) is 0 Å². The zero-order chi connectivity index (χ0) is 17.3. The Morgan fingerprint density at radius 2 is 2.08 bits per heavy atom. The molecule has 1 saturated heterocycles. The summed E-state index contributed by atoms with van der Waals surface area (Å²) < 4.78 is 5.06. The van der Waals surface area contributed by atoms with Crippen LogP contribution in [-0.4, -0.2) is 23.5 Å². The minimum atomic E-state index is -0.643. The maximum absolute atomic E-state index is 12.6. The Morgan fingerprint density at radius 3 is 2.75 bits per heavy atom. The Balaban J connectivity index is 1.64. The minimum absolute atomic E-state index is 0.149. The van der Waals surface area contributed by atoms with Crippen molar-refractivity contribution in [3.05, 3.63) is 46.8 Å². The average Bonchev–Trinajstić information content (AvgIpc) is 3.14. The monoisotopic (exact) mass is 327 g/mol. The van der Waals surface area contributed by atoms with Gasteiger partial charge in [0.25, 0.3) is 0 Å². The summed E-state index contributed by atoms with van der Waals surface area (Å²) in [6.07, 6.45) is 0.521. The highest BCUT2D eigenvalue weighted by Crippen LogP contribution is 2.27. The maximum atomic E-state index is 12.6. The van der Waals surface area contributed by atoms with Crippen molar-refractivity contribution in [3.63, 3.8) is 0 Å². The fraction of sp³-hybridized carbons (Fsp3) is 0.389. The van der Waals surface area contributed by atoms with E-state index in [0.717, 1.165) is 16.9 Å². The van der Waals surface area contributed by atoms with Gasteiger partial charge in [-0.05, 0) is 50.5 Å². The molecule has 0 saturated carbocycles. The smallest absolute Gasteiger partial charge is 0.239 e. The first-order chi connectivity index (χ1) is 11.5. The topological polar surface area (TPSA) is 75.4 Å². The van der Waals surface area contributed by atoms with Gasteiger partial charge < -0.3 is 14.7 Å². The summed E-state index contributed by atoms with van der Waals surface area (Å²) in [6.45, 7) is 6.67. The van der Waals surface area contributed by atoms with Crippen LogP contribution in [0.3, 0.4) is 0 Å². The zero-order valence-electron chi connectivity index (χ0n) is 14.1. The molecule has 126 valence electrons. The second-order valence-corrected chi connectivity index (χ2v) is 6.25. The largest absolute Gasteiger partial charge is 0.359 e. The maximum Gasteiger partial charge on any atom is 0.239 e. The van der Waals surface area contributed by atoms with Crippen LogP contribution in [0.4, 0.5) is 5.69 Å². The quantitative estimate of drug-likeness (QED) is 0.874. The third kappa shape index (κ3) is 3.18. The standard InChI is InChI=1S/C18H21N3O3/c1-11-4-5-14(8-12(11)2)21-7-6-16(18(21)23)17(22)19-10-15-9-13(3)20-24-15/h4-5,8-9,16H,6-7,10H2,1-3H3,(H,19,22). The van der Waals surface area contributed by atoms with Crippen molar-refractivity contribution in [2.24, 2.45) is 5.92 Å². The number of aromatic nitrogens is 1. The lowest BCUT2D eigenvalue weighted by Gasteiger charge is -2.18. The fourth-order valence-corrected chi connectivity index (χ4v) is 2.87. The van der Waals surface area contributed by atoms with E-state index in [1.807, 2.05) is 39.0 Å². The molecule has 1 aliphatic rings. The molecule has 1 aliphatic heterocycles. The number of aryl methyl sites for hydroxylation is 3. The number of nitrogens with one attached hydrogen (secondary N) is 1. The van der Waals surface area contributed by atoms with E-state index < -0.39 is 5.92 Å². The molecule has 6 heteroatoms. The summed E-state index contributed by atoms with van der Waals surface area (Å²) in [5, 5.41) is 6.53. The molecule has 1 atom stereocenters. The molecule has 0 bridgehead atoms. The fourth-order valence-electron chi connectivity index (χ4n) is 2.87. The molecule has 1 aromatic carbocycles. The molecule has 3 rings (SSSR count). The molecule has 6 nitrogen and oxygen atoms in total. The normalized spacial score (nSPS) is 17.4. The number of rotatable bonds is 4. The highest BCUT2D eigenvalue weighted by Gasteiger charge is 2.37. The predicted molar refractivity (Wildman–Crippen MR) is 89.5 cm³/mol. The Kier molecular flexibility index (Phi) is 4.38. The van der Waals surface area contributed by atoms with E-state index in [0.29, 0.717) is 18.7 Å². The second-order valence-electron chi connectivity index (χ2n) is 6.25. The van der Waals surface area contributed by atoms with E-state index in [9.17, 15) is 9.59 Å². The Bertz CT molecular complexity index is 782. The molecule has 1 unspecified atom stereocenters. The highest BCUT2D eigenvalue weighted by molar-refractivity contribution is 6.09. The van der Waals surface area contributed by atoms with E-state index in [1.165, 1.54) is 5.56 Å². The summed E-state index contributed by atoms with van der Waals surface area (Å²) >= 11 is 0. The number of carbonyl (C=O) groups is 2. The number of hydrogen-bond donors (Lipinski definition) is 1. The van der Waals surface area contributed by atoms with E-state index in [-0.39, 0.29) is 18.4 Å². The van der Waals surface area contributed by atoms with Crippen LogP contribution in [0, 0.1) is 26.7 Å². The van der Waals surface area contributed by atoms with Crippen LogP contribution in [0.2, 0.25) is 0 Å². The molecule has 1 aromatic heterocycles. The van der Waals surface area contributed by atoms with E-state index >= 15 is 0 Å². The summed E-state index contributed by atoms with van der Waals surface area (Å²) in [6, 6.07) is 7.68. The third-order valence-corrected chi connectivity index (χ3v) is 4.44. The van der Waals surface area contributed by atoms with Crippen molar-refractivity contribution < 1.29 is 14.1 Å². The summed E-state index contributed by atoms with van der Waals surface area (Å²) in [4.78, 5) is 26.6. The van der Waals surface area contributed by atoms with Crippen molar-refractivity contribution in [2.45, 2.75) is 33.7 Å². The van der Waals surface area contributed by atoms with Gasteiger partial charge in [0.15, 0.2) is 5.76 Å². The highest BCUT2D eigenvalue weighted by atomic mass is 16.5. The van der Waals surface area contributed by atoms with Crippen LogP contribution < -0.4 is 10.2 Å². The van der Waals surface area contributed by atoms with Gasteiger partial charge in [-0.1, -0.05) is 11.2 Å². The molecule has 1 fully saturated rings. The minimum Gasteiger partial charge on any atom is -0.359 e. The van der Waals surface area contributed by atoms with Crippen LogP contribution in [-0.2, 0) is 16.1 Å². The summed E-state index contributed by atoms with van der Waals surface area (Å²) in [7, 11) is 0. The van der Waals surface area contributed by atoms with Crippen LogP contribution in [0.15, 0.2) is 28.8 Å². The van der Waals surface area contributed by atoms with Crippen LogP contribution >= 0.6 is 0 Å². The number of carbonyl (C=O) groups excluding carboxylic acids is 2. The summed E-state index contributed by atoms with van der Waals surface area (Å²) in [5.41, 5.74) is 3.93. The SMILES string of the molecule is Cc1cc(CNC(=O)C2CCN(c3ccc(C)c(C)c3)C2=O)on1. The predicted octanol–water partition coefficient (Wildman–Crippen LogP) is 2.27. The number of amides is 2. The molecule has 24 heavy (non-hydrogen) atoms. The average molecular weight is 327 g/mol. The van der Waals surface area contributed by atoms with E-state index in [4.69, 9.17) is 4.52 Å². The molecular weight excluding hydrogens is 306 g/mol. The Labute approximate surface area is 140 Å². The van der Waals surface area contributed by atoms with Gasteiger partial charge in [0.2, 0.25) is 11.8 Å². The molecule has 2 aromatic rings. The van der Waals surface area contributed by atoms with Crippen LogP contribution in [0.1, 0.15) is 29.0 Å². The van der Waals surface area contributed by atoms with Gasteiger partial charge in [-0.2, -0.15) is 0 Å². The molecule has 0 aliphatic carbocycles. The first kappa shape index (κ1) is 16.2. The van der Waals surface area contributed by atoms with Crippen molar-refractivity contribution >= 4 is 17.5 Å². The van der Waals surface area contributed by atoms with Gasteiger partial charge in [0, 0.05) is 18.3 Å². The lowest BCUT2D eigenvalue weighted by Crippen LogP contribution is -2.36. The van der Waals surface area contributed by atoms with E-state index in [2.05, 4.69) is 10.5 Å². The number of anilines is 1. The molecule has 0 radical (unpaired) electrons. The van der Waals surface area contributed by atoms with Crippen LogP contribution in [0.5, 0.6) is 0 Å². The number of hydrogen-bond acceptors (Lipinski definition) is 4. The Hall–Kier alpha value is -2.63. The van der Waals surface area contributed by atoms with Crippen molar-refractivity contribution in [2.75, 3.05) is 11.4 Å². The number of benzene rings is 1. The zero-order valence-corrected chi connectivity index (χ0v) is 14.1. The summed E-state index contributed by atoms with van der Waals surface area (Å²) in [5.74, 6) is -0.474. The van der Waals surface area contributed by atoms with Gasteiger partial charge in [0.1, 0.15) is 5.92 Å². The first-order valence-corrected chi connectivity index (χ1v) is 8.04. The van der Waals surface area contributed by atoms with E-state index in [1.54, 1.807) is 11.0 Å². The molecule has 2 heterocycles. The number of nitrogens with zero attached hydrogens (tertiary/aromatic N) is 2. The van der Waals surface area contributed by atoms with Gasteiger partial charge in [-0.3, -0.25) is 9.59 Å². The molecule has 1 N–H and O–H groups in total. The van der Waals surface area contributed by atoms with Gasteiger partial charge >= 0.3 is 0 Å². The van der Waals surface area contributed by atoms with Gasteiger partial charge in [-0.15, -0.1) is 0 Å². The molecule has 2 amide bonds. The third-order valence-electron chi connectivity index (χ3n) is 4.44. The molecular formula is C18H21N3O3. The van der Waals surface area contributed by atoms with Crippen molar-refractivity contribution in [3.8, 4) is 0 Å². The molecule has 0 spiro atoms. The van der Waals surface area contributed by atoms with Gasteiger partial charge in [0.05, 0.1) is 12.2 Å². The van der Waals surface area contributed by atoms with Crippen molar-refractivity contribution in [1.82, 2.24) is 10.5 Å². The lowest BCUT2D eigenvalue weighted by atomic mass is 10.1. The Morgan fingerprint density at radius 1 is 1.29 bits per heavy atom. The first-order valence-electron chi connectivity index (χ1n) is 8.04. The van der Waals surface area contributed by atoms with Gasteiger partial charge in [-0.25, -0.2) is 0 Å². The van der Waals surface area contributed by atoms with Crippen LogP contribution in [0.25, 0.3) is 0 Å². The lowest BCUT2D eigenvalue weighted by molar-refractivity contribution is -0.132.